The first-order chi connectivity index (χ1) is 9.25. The summed E-state index contributed by atoms with van der Waals surface area (Å²) in [5, 5.41) is 9.35. The highest BCUT2D eigenvalue weighted by atomic mass is 16.4. The molecule has 0 unspecified atom stereocenters. The maximum absolute atomic E-state index is 11.4. The van der Waals surface area contributed by atoms with Gasteiger partial charge in [-0.15, -0.1) is 0 Å². The van der Waals surface area contributed by atoms with E-state index < -0.39 is 5.97 Å². The Hall–Kier alpha value is -1.65. The van der Waals surface area contributed by atoms with Crippen LogP contribution in [0.15, 0.2) is 0 Å². The van der Waals surface area contributed by atoms with Crippen LogP contribution in [-0.2, 0) is 12.8 Å². The predicted molar refractivity (Wildman–Crippen MR) is 71.7 cm³/mol. The third-order valence-electron chi connectivity index (χ3n) is 4.01. The Balaban J connectivity index is 2.00. The van der Waals surface area contributed by atoms with Crippen molar-refractivity contribution in [2.24, 2.45) is 0 Å². The molecule has 1 aromatic rings. The van der Waals surface area contributed by atoms with Crippen molar-refractivity contribution in [1.29, 1.82) is 0 Å². The lowest BCUT2D eigenvalue weighted by Crippen LogP contribution is -2.32. The molecule has 1 aliphatic carbocycles. The van der Waals surface area contributed by atoms with Gasteiger partial charge in [0.05, 0.1) is 5.69 Å². The number of piperidine rings is 1. The average molecular weight is 261 g/mol. The molecule has 0 aromatic carbocycles. The molecule has 0 amide bonds. The Morgan fingerprint density at radius 1 is 1.00 bits per heavy atom. The fourth-order valence-corrected chi connectivity index (χ4v) is 2.99. The Morgan fingerprint density at radius 3 is 2.47 bits per heavy atom. The highest BCUT2D eigenvalue weighted by molar-refractivity contribution is 5.87. The van der Waals surface area contributed by atoms with Gasteiger partial charge in [0.15, 0.2) is 5.69 Å². The summed E-state index contributed by atoms with van der Waals surface area (Å²) in [6, 6.07) is 0. The SMILES string of the molecule is O=C(O)c1nc(N2CCCCC2)nc2c1CCCC2. The number of anilines is 1. The summed E-state index contributed by atoms with van der Waals surface area (Å²) >= 11 is 0. The van der Waals surface area contributed by atoms with Gasteiger partial charge in [-0.1, -0.05) is 0 Å². The van der Waals surface area contributed by atoms with Crippen LogP contribution in [-0.4, -0.2) is 34.1 Å². The van der Waals surface area contributed by atoms with Crippen LogP contribution in [0.4, 0.5) is 5.95 Å². The number of nitrogens with zero attached hydrogens (tertiary/aromatic N) is 3. The summed E-state index contributed by atoms with van der Waals surface area (Å²) in [6.45, 7) is 1.88. The molecular formula is C14H19N3O2. The van der Waals surface area contributed by atoms with Crippen molar-refractivity contribution in [1.82, 2.24) is 9.97 Å². The van der Waals surface area contributed by atoms with Gasteiger partial charge in [0, 0.05) is 18.7 Å². The first-order valence-corrected chi connectivity index (χ1v) is 7.14. The van der Waals surface area contributed by atoms with E-state index in [2.05, 4.69) is 14.9 Å². The van der Waals surface area contributed by atoms with Gasteiger partial charge in [0.1, 0.15) is 0 Å². The van der Waals surface area contributed by atoms with Gasteiger partial charge >= 0.3 is 5.97 Å². The van der Waals surface area contributed by atoms with E-state index in [1.807, 2.05) is 0 Å². The predicted octanol–water partition coefficient (Wildman–Crippen LogP) is 2.04. The quantitative estimate of drug-likeness (QED) is 0.882. The first-order valence-electron chi connectivity index (χ1n) is 7.14. The summed E-state index contributed by atoms with van der Waals surface area (Å²) in [5.74, 6) is -0.295. The van der Waals surface area contributed by atoms with Gasteiger partial charge < -0.3 is 10.0 Å². The zero-order valence-electron chi connectivity index (χ0n) is 11.1. The van der Waals surface area contributed by atoms with Gasteiger partial charge in [0.25, 0.3) is 0 Å². The molecule has 2 aliphatic rings. The van der Waals surface area contributed by atoms with Crippen LogP contribution in [0.2, 0.25) is 0 Å². The third-order valence-corrected chi connectivity index (χ3v) is 4.01. The molecular weight excluding hydrogens is 242 g/mol. The summed E-state index contributed by atoms with van der Waals surface area (Å²) in [4.78, 5) is 22.5. The summed E-state index contributed by atoms with van der Waals surface area (Å²) in [6.07, 6.45) is 7.36. The normalized spacial score (nSPS) is 19.1. The number of fused-ring (bicyclic) bond motifs is 1. The van der Waals surface area contributed by atoms with Crippen LogP contribution in [0.3, 0.4) is 0 Å². The lowest BCUT2D eigenvalue weighted by molar-refractivity contribution is 0.0688. The number of aromatic nitrogens is 2. The zero-order valence-corrected chi connectivity index (χ0v) is 11.1. The zero-order chi connectivity index (χ0) is 13.2. The van der Waals surface area contributed by atoms with Crippen molar-refractivity contribution in [2.75, 3.05) is 18.0 Å². The second kappa shape index (κ2) is 5.15. The number of carboxylic acid groups (broad SMARTS) is 1. The van der Waals surface area contributed by atoms with E-state index >= 15 is 0 Å². The third kappa shape index (κ3) is 2.41. The molecule has 1 aromatic heterocycles. The summed E-state index contributed by atoms with van der Waals surface area (Å²) < 4.78 is 0. The van der Waals surface area contributed by atoms with Crippen molar-refractivity contribution in [3.63, 3.8) is 0 Å². The van der Waals surface area contributed by atoms with E-state index in [4.69, 9.17) is 0 Å². The van der Waals surface area contributed by atoms with Crippen molar-refractivity contribution in [3.05, 3.63) is 17.0 Å². The van der Waals surface area contributed by atoms with Crippen molar-refractivity contribution in [3.8, 4) is 0 Å². The molecule has 0 spiro atoms. The maximum atomic E-state index is 11.4. The molecule has 102 valence electrons. The van der Waals surface area contributed by atoms with E-state index in [1.54, 1.807) is 0 Å². The van der Waals surface area contributed by atoms with Crippen molar-refractivity contribution < 1.29 is 9.90 Å². The smallest absolute Gasteiger partial charge is 0.354 e. The second-order valence-electron chi connectivity index (χ2n) is 5.36. The standard InChI is InChI=1S/C14H19N3O2/c18-13(19)12-10-6-2-3-7-11(10)15-14(16-12)17-8-4-1-5-9-17/h1-9H2,(H,18,19). The van der Waals surface area contributed by atoms with E-state index in [1.165, 1.54) is 6.42 Å². The Labute approximate surface area is 112 Å². The van der Waals surface area contributed by atoms with Crippen LogP contribution >= 0.6 is 0 Å². The molecule has 5 nitrogen and oxygen atoms in total. The monoisotopic (exact) mass is 261 g/mol. The lowest BCUT2D eigenvalue weighted by Gasteiger charge is -2.28. The van der Waals surface area contributed by atoms with Crippen LogP contribution in [0.5, 0.6) is 0 Å². The van der Waals surface area contributed by atoms with Gasteiger partial charge in [-0.2, -0.15) is 0 Å². The van der Waals surface area contributed by atoms with Crippen LogP contribution in [0.25, 0.3) is 0 Å². The lowest BCUT2D eigenvalue weighted by atomic mass is 9.94. The van der Waals surface area contributed by atoms with E-state index in [0.717, 1.165) is 62.9 Å². The van der Waals surface area contributed by atoms with Crippen LogP contribution in [0, 0.1) is 0 Å². The molecule has 0 atom stereocenters. The topological polar surface area (TPSA) is 66.3 Å². The minimum absolute atomic E-state index is 0.227. The number of aromatic carboxylic acids is 1. The minimum Gasteiger partial charge on any atom is -0.476 e. The second-order valence-corrected chi connectivity index (χ2v) is 5.36. The summed E-state index contributed by atoms with van der Waals surface area (Å²) in [7, 11) is 0. The fraction of sp³-hybridized carbons (Fsp3) is 0.643. The molecule has 1 N–H and O–H groups in total. The molecule has 19 heavy (non-hydrogen) atoms. The van der Waals surface area contributed by atoms with Gasteiger partial charge in [-0.05, 0) is 44.9 Å². The Morgan fingerprint density at radius 2 is 1.74 bits per heavy atom. The molecule has 1 saturated heterocycles. The highest BCUT2D eigenvalue weighted by Gasteiger charge is 2.24. The van der Waals surface area contributed by atoms with Crippen molar-refractivity contribution >= 4 is 11.9 Å². The summed E-state index contributed by atoms with van der Waals surface area (Å²) in [5.41, 5.74) is 2.05. The van der Waals surface area contributed by atoms with Gasteiger partial charge in [-0.3, -0.25) is 0 Å². The largest absolute Gasteiger partial charge is 0.476 e. The number of rotatable bonds is 2. The molecule has 5 heteroatoms. The first kappa shape index (κ1) is 12.4. The number of hydrogen-bond acceptors (Lipinski definition) is 4. The Kier molecular flexibility index (Phi) is 3.36. The van der Waals surface area contributed by atoms with Gasteiger partial charge in [-0.25, -0.2) is 14.8 Å². The molecule has 3 rings (SSSR count). The molecule has 0 saturated carbocycles. The minimum atomic E-state index is -0.918. The molecule has 2 heterocycles. The van der Waals surface area contributed by atoms with E-state index in [9.17, 15) is 9.90 Å². The number of carboxylic acids is 1. The fourth-order valence-electron chi connectivity index (χ4n) is 2.99. The maximum Gasteiger partial charge on any atom is 0.354 e. The average Bonchev–Trinajstić information content (AvgIpc) is 2.47. The molecule has 1 fully saturated rings. The molecule has 0 bridgehead atoms. The highest BCUT2D eigenvalue weighted by Crippen LogP contribution is 2.25. The molecule has 0 radical (unpaired) electrons. The Bertz CT molecular complexity index is 496. The molecule has 1 aliphatic heterocycles. The number of carbonyl (C=O) groups is 1. The van der Waals surface area contributed by atoms with Crippen molar-refractivity contribution in [2.45, 2.75) is 44.9 Å². The van der Waals surface area contributed by atoms with E-state index in [0.29, 0.717) is 5.95 Å². The van der Waals surface area contributed by atoms with Crippen LogP contribution in [0.1, 0.15) is 53.8 Å². The van der Waals surface area contributed by atoms with Crippen LogP contribution < -0.4 is 4.90 Å². The number of hydrogen-bond donors (Lipinski definition) is 1. The number of aryl methyl sites for hydroxylation is 1. The van der Waals surface area contributed by atoms with Gasteiger partial charge in [0.2, 0.25) is 5.95 Å². The van der Waals surface area contributed by atoms with E-state index in [-0.39, 0.29) is 5.69 Å².